The molecule has 0 radical (unpaired) electrons. The maximum Gasteiger partial charge on any atom is 0.445 e. The summed E-state index contributed by atoms with van der Waals surface area (Å²) in [6, 6.07) is 0. The summed E-state index contributed by atoms with van der Waals surface area (Å²) in [6.45, 7) is 7.55. The van der Waals surface area contributed by atoms with Gasteiger partial charge in [0, 0.05) is 14.2 Å². The second-order valence-corrected chi connectivity index (χ2v) is 9.47. The SMILES string of the molecule is CCN(CC)[Si](OC)(OC)C1NCCC2CCCCC21. The Morgan fingerprint density at radius 2 is 1.70 bits per heavy atom. The molecular weight excluding hydrogens is 268 g/mol. The minimum Gasteiger partial charge on any atom is -0.385 e. The number of hydrogen-bond acceptors (Lipinski definition) is 4. The lowest BCUT2D eigenvalue weighted by Gasteiger charge is -2.50. The van der Waals surface area contributed by atoms with E-state index in [1.807, 2.05) is 14.2 Å². The minimum atomic E-state index is -2.36. The van der Waals surface area contributed by atoms with E-state index in [9.17, 15) is 0 Å². The first-order valence-corrected chi connectivity index (χ1v) is 10.2. The summed E-state index contributed by atoms with van der Waals surface area (Å²) in [5.41, 5.74) is 0.413. The van der Waals surface area contributed by atoms with Crippen molar-refractivity contribution in [1.29, 1.82) is 0 Å². The lowest BCUT2D eigenvalue weighted by molar-refractivity contribution is 0.0903. The third-order valence-electron chi connectivity index (χ3n) is 5.46. The van der Waals surface area contributed by atoms with Crippen LogP contribution in [-0.2, 0) is 8.85 Å². The highest BCUT2D eigenvalue weighted by atomic mass is 28.4. The molecule has 5 heteroatoms. The molecule has 1 aliphatic carbocycles. The smallest absolute Gasteiger partial charge is 0.385 e. The molecule has 3 atom stereocenters. The third kappa shape index (κ3) is 2.83. The van der Waals surface area contributed by atoms with Gasteiger partial charge in [-0.15, -0.1) is 0 Å². The number of nitrogens with one attached hydrogen (secondary N) is 1. The first-order chi connectivity index (χ1) is 9.73. The third-order valence-corrected chi connectivity index (χ3v) is 9.56. The van der Waals surface area contributed by atoms with Gasteiger partial charge in [-0.1, -0.05) is 33.1 Å². The molecule has 0 aromatic heterocycles. The van der Waals surface area contributed by atoms with Crippen LogP contribution in [0.2, 0.25) is 0 Å². The van der Waals surface area contributed by atoms with E-state index in [0.717, 1.165) is 31.5 Å². The predicted molar refractivity (Wildman–Crippen MR) is 84.5 cm³/mol. The Kier molecular flexibility index (Phi) is 6.04. The molecule has 1 aliphatic heterocycles. The summed E-state index contributed by atoms with van der Waals surface area (Å²) in [4.78, 5) is 0. The molecular formula is C15H32N2O2Si. The molecule has 0 aromatic rings. The van der Waals surface area contributed by atoms with E-state index in [1.165, 1.54) is 32.1 Å². The Morgan fingerprint density at radius 3 is 2.30 bits per heavy atom. The number of fused-ring (bicyclic) bond motifs is 1. The van der Waals surface area contributed by atoms with Gasteiger partial charge in [-0.25, -0.2) is 0 Å². The quantitative estimate of drug-likeness (QED) is 0.763. The van der Waals surface area contributed by atoms with Crippen LogP contribution in [0.1, 0.15) is 46.0 Å². The van der Waals surface area contributed by atoms with Crippen LogP contribution in [0.15, 0.2) is 0 Å². The molecule has 3 unspecified atom stereocenters. The second-order valence-electron chi connectivity index (χ2n) is 6.14. The fourth-order valence-electron chi connectivity index (χ4n) is 4.47. The summed E-state index contributed by atoms with van der Waals surface area (Å²) in [7, 11) is 1.34. The molecule has 118 valence electrons. The van der Waals surface area contributed by atoms with Crippen molar-refractivity contribution in [3.05, 3.63) is 0 Å². The van der Waals surface area contributed by atoms with Crippen molar-refractivity contribution in [3.8, 4) is 0 Å². The maximum atomic E-state index is 6.10. The molecule has 1 N–H and O–H groups in total. The van der Waals surface area contributed by atoms with E-state index in [-0.39, 0.29) is 0 Å². The normalized spacial score (nSPS) is 31.4. The minimum absolute atomic E-state index is 0.413. The zero-order valence-electron chi connectivity index (χ0n) is 13.7. The van der Waals surface area contributed by atoms with Crippen molar-refractivity contribution in [3.63, 3.8) is 0 Å². The standard InChI is InChI=1S/C15H32N2O2Si/c1-5-17(6-2)20(18-3,19-4)15-14-10-8-7-9-13(14)11-12-16-15/h13-16H,5-12H2,1-4H3. The monoisotopic (exact) mass is 300 g/mol. The Labute approximate surface area is 125 Å². The average molecular weight is 301 g/mol. The van der Waals surface area contributed by atoms with Crippen molar-refractivity contribution in [1.82, 2.24) is 9.88 Å². The van der Waals surface area contributed by atoms with Crippen LogP contribution in [0.25, 0.3) is 0 Å². The summed E-state index contributed by atoms with van der Waals surface area (Å²) >= 11 is 0. The van der Waals surface area contributed by atoms with Gasteiger partial charge in [0.25, 0.3) is 0 Å². The Hall–Kier alpha value is 0.0569. The molecule has 2 rings (SSSR count). The van der Waals surface area contributed by atoms with Crippen LogP contribution < -0.4 is 5.32 Å². The average Bonchev–Trinajstić information content (AvgIpc) is 2.52. The van der Waals surface area contributed by atoms with Gasteiger partial charge in [-0.3, -0.25) is 4.57 Å². The van der Waals surface area contributed by atoms with Crippen LogP contribution in [0.5, 0.6) is 0 Å². The summed E-state index contributed by atoms with van der Waals surface area (Å²) in [5.74, 6) is 1.62. The van der Waals surface area contributed by atoms with Crippen LogP contribution in [0.4, 0.5) is 0 Å². The van der Waals surface area contributed by atoms with Crippen LogP contribution >= 0.6 is 0 Å². The van der Waals surface area contributed by atoms with Crippen molar-refractivity contribution in [2.24, 2.45) is 11.8 Å². The number of piperidine rings is 1. The van der Waals surface area contributed by atoms with Gasteiger partial charge in [0.2, 0.25) is 0 Å². The number of rotatable bonds is 6. The van der Waals surface area contributed by atoms with Crippen molar-refractivity contribution < 1.29 is 8.85 Å². The zero-order valence-corrected chi connectivity index (χ0v) is 14.7. The van der Waals surface area contributed by atoms with E-state index in [1.54, 1.807) is 0 Å². The first-order valence-electron chi connectivity index (χ1n) is 8.32. The fourth-order valence-corrected chi connectivity index (χ4v) is 8.31. The Balaban J connectivity index is 2.26. The summed E-state index contributed by atoms with van der Waals surface area (Å²) in [5, 5.41) is 3.78. The van der Waals surface area contributed by atoms with E-state index in [0.29, 0.717) is 5.67 Å². The highest BCUT2D eigenvalue weighted by Crippen LogP contribution is 2.40. The van der Waals surface area contributed by atoms with Gasteiger partial charge in [0.15, 0.2) is 0 Å². The lowest BCUT2D eigenvalue weighted by atomic mass is 9.75. The Morgan fingerprint density at radius 1 is 1.05 bits per heavy atom. The number of nitrogens with zero attached hydrogens (tertiary/aromatic N) is 1. The predicted octanol–water partition coefficient (Wildman–Crippen LogP) is 2.27. The Bertz CT molecular complexity index is 294. The molecule has 1 saturated carbocycles. The van der Waals surface area contributed by atoms with Crippen molar-refractivity contribution in [2.75, 3.05) is 33.9 Å². The highest BCUT2D eigenvalue weighted by molar-refractivity contribution is 6.66. The number of hydrogen-bond donors (Lipinski definition) is 1. The lowest BCUT2D eigenvalue weighted by Crippen LogP contribution is -2.73. The highest BCUT2D eigenvalue weighted by Gasteiger charge is 2.55. The van der Waals surface area contributed by atoms with Gasteiger partial charge in [-0.2, -0.15) is 0 Å². The van der Waals surface area contributed by atoms with E-state index in [4.69, 9.17) is 8.85 Å². The van der Waals surface area contributed by atoms with E-state index < -0.39 is 8.72 Å². The second kappa shape index (κ2) is 7.36. The summed E-state index contributed by atoms with van der Waals surface area (Å²) in [6.07, 6.45) is 6.85. The van der Waals surface area contributed by atoms with Gasteiger partial charge >= 0.3 is 8.72 Å². The van der Waals surface area contributed by atoms with E-state index in [2.05, 4.69) is 23.7 Å². The molecule has 1 saturated heterocycles. The van der Waals surface area contributed by atoms with Crippen LogP contribution in [0.3, 0.4) is 0 Å². The molecule has 1 heterocycles. The van der Waals surface area contributed by atoms with Gasteiger partial charge in [0.05, 0.1) is 5.67 Å². The fraction of sp³-hybridized carbons (Fsp3) is 1.00. The van der Waals surface area contributed by atoms with Crippen LogP contribution in [0, 0.1) is 11.8 Å². The van der Waals surface area contributed by atoms with Gasteiger partial charge in [-0.05, 0) is 44.3 Å². The largest absolute Gasteiger partial charge is 0.445 e. The molecule has 20 heavy (non-hydrogen) atoms. The topological polar surface area (TPSA) is 33.7 Å². The molecule has 4 nitrogen and oxygen atoms in total. The zero-order chi connectivity index (χ0) is 14.6. The molecule has 2 fully saturated rings. The summed E-state index contributed by atoms with van der Waals surface area (Å²) < 4.78 is 14.6. The molecule has 0 bridgehead atoms. The molecule has 2 aliphatic rings. The molecule has 0 amide bonds. The first kappa shape index (κ1) is 16.4. The molecule has 0 spiro atoms. The maximum absolute atomic E-state index is 6.10. The van der Waals surface area contributed by atoms with Crippen molar-refractivity contribution >= 4 is 8.72 Å². The molecule has 0 aromatic carbocycles. The van der Waals surface area contributed by atoms with Crippen molar-refractivity contribution in [2.45, 2.75) is 51.6 Å². The van der Waals surface area contributed by atoms with E-state index >= 15 is 0 Å². The van der Waals surface area contributed by atoms with Crippen LogP contribution in [-0.4, -0.2) is 52.8 Å². The van der Waals surface area contributed by atoms with Gasteiger partial charge in [0.1, 0.15) is 0 Å². The van der Waals surface area contributed by atoms with Gasteiger partial charge < -0.3 is 14.2 Å².